The SMILES string of the molecule is C#Cc1cc(C)c(-c2c(C3CCC4(C=c5ccc(C)nc5=C4)CC3)c3c(N)ncnc3n2C)cn1. The summed E-state index contributed by atoms with van der Waals surface area (Å²) in [4.78, 5) is 18.2. The third-order valence-electron chi connectivity index (χ3n) is 7.84. The summed E-state index contributed by atoms with van der Waals surface area (Å²) in [5.74, 6) is 3.52. The van der Waals surface area contributed by atoms with Crippen LogP contribution < -0.4 is 16.3 Å². The van der Waals surface area contributed by atoms with Crippen LogP contribution in [-0.2, 0) is 7.05 Å². The number of anilines is 1. The summed E-state index contributed by atoms with van der Waals surface area (Å²) in [5, 5.41) is 3.35. The van der Waals surface area contributed by atoms with Crippen LogP contribution in [0, 0.1) is 31.6 Å². The molecular formula is C29H28N6. The van der Waals surface area contributed by atoms with E-state index in [1.807, 2.05) is 12.3 Å². The van der Waals surface area contributed by atoms with Crippen molar-refractivity contribution < 1.29 is 0 Å². The maximum absolute atomic E-state index is 6.47. The fraction of sp³-hybridized carbons (Fsp3) is 0.310. The van der Waals surface area contributed by atoms with Gasteiger partial charge in [0.2, 0.25) is 0 Å². The predicted octanol–water partition coefficient (Wildman–Crippen LogP) is 3.52. The first kappa shape index (κ1) is 21.5. The van der Waals surface area contributed by atoms with Gasteiger partial charge in [0, 0.05) is 29.9 Å². The normalized spacial score (nSPS) is 20.9. The van der Waals surface area contributed by atoms with Crippen molar-refractivity contribution >= 4 is 29.0 Å². The molecule has 4 aromatic rings. The van der Waals surface area contributed by atoms with E-state index in [0.29, 0.717) is 17.4 Å². The maximum Gasteiger partial charge on any atom is 0.145 e. The average molecular weight is 461 g/mol. The highest BCUT2D eigenvalue weighted by molar-refractivity contribution is 5.97. The highest BCUT2D eigenvalue weighted by atomic mass is 15.1. The van der Waals surface area contributed by atoms with Crippen LogP contribution in [0.5, 0.6) is 0 Å². The topological polar surface area (TPSA) is 82.5 Å². The number of pyridine rings is 2. The Morgan fingerprint density at radius 2 is 1.91 bits per heavy atom. The van der Waals surface area contributed by atoms with Gasteiger partial charge >= 0.3 is 0 Å². The van der Waals surface area contributed by atoms with Crippen LogP contribution in [0.15, 0.2) is 30.7 Å². The quantitative estimate of drug-likeness (QED) is 0.463. The van der Waals surface area contributed by atoms with Gasteiger partial charge in [0.05, 0.1) is 16.4 Å². The molecule has 174 valence electrons. The van der Waals surface area contributed by atoms with Gasteiger partial charge in [0.25, 0.3) is 0 Å². The van der Waals surface area contributed by atoms with Crippen LogP contribution in [-0.4, -0.2) is 24.5 Å². The second-order valence-electron chi connectivity index (χ2n) is 10.0. The molecule has 6 nitrogen and oxygen atoms in total. The second kappa shape index (κ2) is 7.78. The maximum atomic E-state index is 6.47. The van der Waals surface area contributed by atoms with Crippen LogP contribution in [0.4, 0.5) is 5.82 Å². The van der Waals surface area contributed by atoms with Crippen LogP contribution >= 0.6 is 0 Å². The largest absolute Gasteiger partial charge is 0.383 e. The minimum absolute atomic E-state index is 0.0817. The molecule has 0 atom stereocenters. The summed E-state index contributed by atoms with van der Waals surface area (Å²) in [5.41, 5.74) is 13.6. The molecule has 2 aliphatic rings. The lowest BCUT2D eigenvalue weighted by Gasteiger charge is -2.35. The first-order valence-electron chi connectivity index (χ1n) is 12.1. The molecule has 2 aliphatic carbocycles. The van der Waals surface area contributed by atoms with Gasteiger partial charge in [0.15, 0.2) is 0 Å². The van der Waals surface area contributed by atoms with Gasteiger partial charge in [-0.1, -0.05) is 18.1 Å². The zero-order valence-corrected chi connectivity index (χ0v) is 20.3. The van der Waals surface area contributed by atoms with Gasteiger partial charge in [-0.15, -0.1) is 6.42 Å². The summed E-state index contributed by atoms with van der Waals surface area (Å²) >= 11 is 0. The molecule has 6 rings (SSSR count). The highest BCUT2D eigenvalue weighted by Crippen LogP contribution is 2.50. The summed E-state index contributed by atoms with van der Waals surface area (Å²) in [7, 11) is 2.05. The van der Waals surface area contributed by atoms with Crippen molar-refractivity contribution in [3.8, 4) is 23.6 Å². The van der Waals surface area contributed by atoms with Gasteiger partial charge < -0.3 is 10.3 Å². The average Bonchev–Trinajstić information content (AvgIpc) is 3.35. The van der Waals surface area contributed by atoms with Crippen molar-refractivity contribution in [1.29, 1.82) is 0 Å². The summed E-state index contributed by atoms with van der Waals surface area (Å²) < 4.78 is 2.14. The van der Waals surface area contributed by atoms with Crippen LogP contribution in [0.1, 0.15) is 54.1 Å². The number of aromatic nitrogens is 5. The zero-order valence-electron chi connectivity index (χ0n) is 20.3. The summed E-state index contributed by atoms with van der Waals surface area (Å²) in [6.45, 7) is 4.14. The van der Waals surface area contributed by atoms with Crippen molar-refractivity contribution in [3.05, 3.63) is 63.8 Å². The molecule has 2 N–H and O–H groups in total. The molecule has 4 aromatic heterocycles. The number of fused-ring (bicyclic) bond motifs is 2. The molecule has 0 aliphatic heterocycles. The number of hydrogen-bond acceptors (Lipinski definition) is 5. The van der Waals surface area contributed by atoms with Crippen molar-refractivity contribution in [2.24, 2.45) is 12.5 Å². The van der Waals surface area contributed by atoms with E-state index in [4.69, 9.17) is 17.1 Å². The summed E-state index contributed by atoms with van der Waals surface area (Å²) in [6.07, 6.45) is 18.1. The molecule has 6 heteroatoms. The van der Waals surface area contributed by atoms with Crippen LogP contribution in [0.2, 0.25) is 0 Å². The van der Waals surface area contributed by atoms with Gasteiger partial charge in [-0.2, -0.15) is 0 Å². The minimum Gasteiger partial charge on any atom is -0.383 e. The first-order chi connectivity index (χ1) is 16.9. The van der Waals surface area contributed by atoms with E-state index in [9.17, 15) is 0 Å². The fourth-order valence-electron chi connectivity index (χ4n) is 6.09. The van der Waals surface area contributed by atoms with E-state index in [-0.39, 0.29) is 5.41 Å². The lowest BCUT2D eigenvalue weighted by Crippen LogP contribution is -2.25. The van der Waals surface area contributed by atoms with Crippen molar-refractivity contribution in [3.63, 3.8) is 0 Å². The highest BCUT2D eigenvalue weighted by Gasteiger charge is 2.37. The third kappa shape index (κ3) is 3.34. The smallest absolute Gasteiger partial charge is 0.145 e. The second-order valence-corrected chi connectivity index (χ2v) is 10.0. The minimum atomic E-state index is 0.0817. The van der Waals surface area contributed by atoms with Crippen LogP contribution in [0.3, 0.4) is 0 Å². The Morgan fingerprint density at radius 1 is 1.11 bits per heavy atom. The summed E-state index contributed by atoms with van der Waals surface area (Å²) in [6, 6.07) is 6.27. The van der Waals surface area contributed by atoms with E-state index in [2.05, 4.69) is 70.6 Å². The Kier molecular flexibility index (Phi) is 4.79. The Bertz CT molecular complexity index is 1660. The Labute approximate surface area is 204 Å². The van der Waals surface area contributed by atoms with Crippen molar-refractivity contribution in [2.45, 2.75) is 45.4 Å². The number of nitrogens with two attached hydrogens (primary N) is 1. The number of terminal acetylenes is 1. The number of hydrogen-bond donors (Lipinski definition) is 1. The van der Waals surface area contributed by atoms with Gasteiger partial charge in [-0.25, -0.2) is 15.0 Å². The molecule has 0 aromatic carbocycles. The van der Waals surface area contributed by atoms with E-state index in [1.54, 1.807) is 6.33 Å². The lowest BCUT2D eigenvalue weighted by atomic mass is 9.69. The zero-order chi connectivity index (χ0) is 24.3. The van der Waals surface area contributed by atoms with Crippen molar-refractivity contribution in [1.82, 2.24) is 24.5 Å². The van der Waals surface area contributed by atoms with Crippen LogP contribution in [0.25, 0.3) is 34.4 Å². The Hall–Kier alpha value is -3.98. The van der Waals surface area contributed by atoms with E-state index in [1.165, 1.54) is 10.8 Å². The van der Waals surface area contributed by atoms with E-state index in [0.717, 1.165) is 64.6 Å². The van der Waals surface area contributed by atoms with Gasteiger partial charge in [-0.05, 0) is 80.0 Å². The number of rotatable bonds is 2. The molecule has 0 radical (unpaired) electrons. The molecular weight excluding hydrogens is 432 g/mol. The fourth-order valence-corrected chi connectivity index (χ4v) is 6.09. The lowest BCUT2D eigenvalue weighted by molar-refractivity contribution is 0.334. The number of nitrogens with zero attached hydrogens (tertiary/aromatic N) is 5. The molecule has 0 saturated heterocycles. The molecule has 0 unspecified atom stereocenters. The molecule has 1 fully saturated rings. The standard InChI is InChI=1S/C29H28N6/c1-5-21-12-17(2)22(15-31-21)26-24(25-27(30)32-16-33-28(25)35(26)4)19-8-10-29(11-9-19)13-20-7-6-18(3)34-23(20)14-29/h1,6-7,12-16,19H,8-11H2,2-4H3,(H2,30,32,33). The molecule has 35 heavy (non-hydrogen) atoms. The number of aryl methyl sites for hydroxylation is 3. The Morgan fingerprint density at radius 3 is 2.66 bits per heavy atom. The predicted molar refractivity (Wildman–Crippen MR) is 140 cm³/mol. The van der Waals surface area contributed by atoms with Crippen molar-refractivity contribution in [2.75, 3.05) is 5.73 Å². The molecule has 1 spiro atoms. The molecule has 0 amide bonds. The Balaban J connectivity index is 1.46. The monoisotopic (exact) mass is 460 g/mol. The number of nitrogen functional groups attached to an aromatic ring is 1. The van der Waals surface area contributed by atoms with Gasteiger partial charge in [-0.3, -0.25) is 4.98 Å². The van der Waals surface area contributed by atoms with E-state index < -0.39 is 0 Å². The molecule has 4 heterocycles. The van der Waals surface area contributed by atoms with Gasteiger partial charge in [0.1, 0.15) is 23.5 Å². The third-order valence-corrected chi connectivity index (χ3v) is 7.84. The van der Waals surface area contributed by atoms with E-state index >= 15 is 0 Å². The molecule has 1 saturated carbocycles. The first-order valence-corrected chi connectivity index (χ1v) is 12.1. The molecule has 0 bridgehead atoms.